The van der Waals surface area contributed by atoms with E-state index in [4.69, 9.17) is 15.9 Å². The van der Waals surface area contributed by atoms with Crippen LogP contribution in [0.5, 0.6) is 0 Å². The topological polar surface area (TPSA) is 55.8 Å². The molecular weight excluding hydrogens is 354 g/mol. The standard InChI is InChI=1S/C23H21NO4/c1-4-12-28-15-19(23(26)27-3)21-18-13-16(2)10-11-20(18)24(22(21)25)14-17-8-6-5-7-9-17/h1,5-11,13,15,21H,12,14H2,2-3H3/b19-15+. The lowest BCUT2D eigenvalue weighted by Crippen LogP contribution is -2.30. The van der Waals surface area contributed by atoms with Gasteiger partial charge in [0.25, 0.3) is 0 Å². The average Bonchev–Trinajstić information content (AvgIpc) is 2.96. The summed E-state index contributed by atoms with van der Waals surface area (Å²) in [5, 5.41) is 0. The van der Waals surface area contributed by atoms with Gasteiger partial charge in [0.05, 0.1) is 25.5 Å². The normalized spacial score (nSPS) is 15.8. The molecule has 0 N–H and O–H groups in total. The summed E-state index contributed by atoms with van der Waals surface area (Å²) < 4.78 is 10.2. The molecule has 1 aliphatic heterocycles. The Morgan fingerprint density at radius 3 is 2.68 bits per heavy atom. The highest BCUT2D eigenvalue weighted by Crippen LogP contribution is 2.42. The zero-order valence-corrected chi connectivity index (χ0v) is 15.8. The Morgan fingerprint density at radius 1 is 1.25 bits per heavy atom. The molecular formula is C23H21NO4. The molecule has 0 aromatic heterocycles. The number of amides is 1. The molecule has 28 heavy (non-hydrogen) atoms. The van der Waals surface area contributed by atoms with Gasteiger partial charge in [-0.2, -0.15) is 0 Å². The largest absolute Gasteiger partial charge is 0.488 e. The molecule has 0 aliphatic carbocycles. The van der Waals surface area contributed by atoms with Crippen LogP contribution < -0.4 is 4.90 Å². The maximum atomic E-state index is 13.4. The molecule has 0 bridgehead atoms. The number of fused-ring (bicyclic) bond motifs is 1. The molecule has 2 aromatic carbocycles. The lowest BCUT2D eigenvalue weighted by molar-refractivity contribution is -0.137. The van der Waals surface area contributed by atoms with Crippen molar-refractivity contribution in [2.45, 2.75) is 19.4 Å². The molecule has 5 heteroatoms. The van der Waals surface area contributed by atoms with Gasteiger partial charge in [0, 0.05) is 5.69 Å². The molecule has 0 radical (unpaired) electrons. The van der Waals surface area contributed by atoms with Gasteiger partial charge in [-0.15, -0.1) is 6.42 Å². The van der Waals surface area contributed by atoms with Gasteiger partial charge in [-0.3, -0.25) is 4.79 Å². The van der Waals surface area contributed by atoms with Gasteiger partial charge in [0.2, 0.25) is 5.91 Å². The fourth-order valence-corrected chi connectivity index (χ4v) is 3.32. The van der Waals surface area contributed by atoms with Crippen LogP contribution in [0, 0.1) is 19.3 Å². The van der Waals surface area contributed by atoms with E-state index >= 15 is 0 Å². The van der Waals surface area contributed by atoms with Crippen molar-refractivity contribution in [3.8, 4) is 12.3 Å². The first-order valence-corrected chi connectivity index (χ1v) is 8.86. The highest BCUT2D eigenvalue weighted by atomic mass is 16.5. The zero-order chi connectivity index (χ0) is 20.1. The van der Waals surface area contributed by atoms with E-state index in [2.05, 4.69) is 5.92 Å². The summed E-state index contributed by atoms with van der Waals surface area (Å²) >= 11 is 0. The number of aryl methyl sites for hydroxylation is 1. The number of hydrogen-bond acceptors (Lipinski definition) is 4. The van der Waals surface area contributed by atoms with Crippen molar-refractivity contribution in [2.75, 3.05) is 18.6 Å². The number of nitrogens with zero attached hydrogens (tertiary/aromatic N) is 1. The number of benzene rings is 2. The number of terminal acetylenes is 1. The maximum Gasteiger partial charge on any atom is 0.338 e. The molecule has 0 saturated carbocycles. The van der Waals surface area contributed by atoms with E-state index in [9.17, 15) is 9.59 Å². The lowest BCUT2D eigenvalue weighted by atomic mass is 9.92. The van der Waals surface area contributed by atoms with E-state index in [1.165, 1.54) is 13.4 Å². The van der Waals surface area contributed by atoms with Crippen molar-refractivity contribution in [1.29, 1.82) is 0 Å². The van der Waals surface area contributed by atoms with Gasteiger partial charge in [0.1, 0.15) is 12.5 Å². The Kier molecular flexibility index (Phi) is 5.81. The molecule has 5 nitrogen and oxygen atoms in total. The Morgan fingerprint density at radius 2 is 2.00 bits per heavy atom. The minimum atomic E-state index is -0.802. The van der Waals surface area contributed by atoms with E-state index < -0.39 is 11.9 Å². The maximum absolute atomic E-state index is 13.4. The van der Waals surface area contributed by atoms with E-state index in [-0.39, 0.29) is 18.1 Å². The van der Waals surface area contributed by atoms with Gasteiger partial charge >= 0.3 is 5.97 Å². The Balaban J connectivity index is 2.05. The Labute approximate surface area is 164 Å². The molecule has 1 unspecified atom stereocenters. The van der Waals surface area contributed by atoms with E-state index in [1.807, 2.05) is 55.5 Å². The molecule has 1 amide bonds. The van der Waals surface area contributed by atoms with Crippen LogP contribution in [0.1, 0.15) is 22.6 Å². The van der Waals surface area contributed by atoms with Gasteiger partial charge in [-0.25, -0.2) is 4.79 Å². The lowest BCUT2D eigenvalue weighted by Gasteiger charge is -2.18. The Bertz CT molecular complexity index is 956. The third kappa shape index (κ3) is 3.77. The van der Waals surface area contributed by atoms with Crippen LogP contribution in [0.4, 0.5) is 5.69 Å². The molecule has 0 saturated heterocycles. The van der Waals surface area contributed by atoms with Crippen molar-refractivity contribution in [3.63, 3.8) is 0 Å². The fraction of sp³-hybridized carbons (Fsp3) is 0.217. The first kappa shape index (κ1) is 19.2. The van der Waals surface area contributed by atoms with E-state index in [1.54, 1.807) is 4.90 Å². The predicted molar refractivity (Wildman–Crippen MR) is 106 cm³/mol. The van der Waals surface area contributed by atoms with E-state index in [0.717, 1.165) is 22.4 Å². The van der Waals surface area contributed by atoms with E-state index in [0.29, 0.717) is 6.54 Å². The molecule has 1 heterocycles. The fourth-order valence-electron chi connectivity index (χ4n) is 3.32. The highest BCUT2D eigenvalue weighted by molar-refractivity contribution is 6.11. The van der Waals surface area contributed by atoms with Gasteiger partial charge in [-0.05, 0) is 24.1 Å². The van der Waals surface area contributed by atoms with Crippen LogP contribution in [0.3, 0.4) is 0 Å². The monoisotopic (exact) mass is 375 g/mol. The number of carbonyl (C=O) groups excluding carboxylic acids is 2. The molecule has 1 atom stereocenters. The van der Waals surface area contributed by atoms with Crippen molar-refractivity contribution < 1.29 is 19.1 Å². The second-order valence-electron chi connectivity index (χ2n) is 6.49. The zero-order valence-electron chi connectivity index (χ0n) is 15.8. The predicted octanol–water partition coefficient (Wildman–Crippen LogP) is 3.33. The summed E-state index contributed by atoms with van der Waals surface area (Å²) in [5.74, 6) is 0.711. The second-order valence-corrected chi connectivity index (χ2v) is 6.49. The molecule has 142 valence electrons. The number of methoxy groups -OCH3 is 1. The number of anilines is 1. The summed E-state index contributed by atoms with van der Waals surface area (Å²) in [6.45, 7) is 2.35. The van der Waals surface area contributed by atoms with Gasteiger partial charge in [-0.1, -0.05) is 53.9 Å². The van der Waals surface area contributed by atoms with Crippen molar-refractivity contribution in [3.05, 3.63) is 77.1 Å². The highest BCUT2D eigenvalue weighted by Gasteiger charge is 2.42. The van der Waals surface area contributed by atoms with Gasteiger partial charge < -0.3 is 14.4 Å². The second kappa shape index (κ2) is 8.45. The molecule has 2 aromatic rings. The molecule has 0 spiro atoms. The molecule has 3 rings (SSSR count). The third-order valence-electron chi connectivity index (χ3n) is 4.59. The number of carbonyl (C=O) groups is 2. The summed E-state index contributed by atoms with van der Waals surface area (Å²) in [6.07, 6.45) is 6.46. The van der Waals surface area contributed by atoms with Crippen molar-refractivity contribution >= 4 is 17.6 Å². The quantitative estimate of drug-likeness (QED) is 0.256. The third-order valence-corrected chi connectivity index (χ3v) is 4.59. The average molecular weight is 375 g/mol. The summed E-state index contributed by atoms with van der Waals surface area (Å²) in [4.78, 5) is 27.4. The first-order valence-electron chi connectivity index (χ1n) is 8.86. The number of esters is 1. The number of hydrogen-bond donors (Lipinski definition) is 0. The van der Waals surface area contributed by atoms with Crippen LogP contribution in [-0.2, 0) is 25.6 Å². The summed E-state index contributed by atoms with van der Waals surface area (Å²) in [7, 11) is 1.27. The van der Waals surface area contributed by atoms with Crippen molar-refractivity contribution in [1.82, 2.24) is 0 Å². The first-order chi connectivity index (χ1) is 13.6. The van der Waals surface area contributed by atoms with Crippen LogP contribution in [0.25, 0.3) is 0 Å². The smallest absolute Gasteiger partial charge is 0.338 e. The van der Waals surface area contributed by atoms with Crippen LogP contribution in [0.2, 0.25) is 0 Å². The van der Waals surface area contributed by atoms with Crippen LogP contribution in [0.15, 0.2) is 60.4 Å². The summed E-state index contributed by atoms with van der Waals surface area (Å²) in [5.41, 5.74) is 3.64. The minimum Gasteiger partial charge on any atom is -0.488 e. The summed E-state index contributed by atoms with van der Waals surface area (Å²) in [6, 6.07) is 15.5. The number of rotatable bonds is 6. The minimum absolute atomic E-state index is 0.00416. The number of ether oxygens (including phenoxy) is 2. The van der Waals surface area contributed by atoms with Crippen LogP contribution in [-0.4, -0.2) is 25.6 Å². The molecule has 0 fully saturated rings. The van der Waals surface area contributed by atoms with Crippen LogP contribution >= 0.6 is 0 Å². The van der Waals surface area contributed by atoms with Gasteiger partial charge in [0.15, 0.2) is 0 Å². The van der Waals surface area contributed by atoms with Crippen molar-refractivity contribution in [2.24, 2.45) is 0 Å². The SMILES string of the molecule is C#CCO/C=C(/C(=O)OC)C1C(=O)N(Cc2ccccc2)c2ccc(C)cc21. The molecule has 1 aliphatic rings. The Hall–Kier alpha value is -3.52.